The SMILES string of the molecule is Nc1cccc(C(=O)N2CCNC(=O)C2)n1. The maximum absolute atomic E-state index is 11.9. The number of rotatable bonds is 1. The van der Waals surface area contributed by atoms with Gasteiger partial charge in [-0.05, 0) is 12.1 Å². The van der Waals surface area contributed by atoms with Crippen molar-refractivity contribution in [1.82, 2.24) is 15.2 Å². The Morgan fingerprint density at radius 3 is 3.00 bits per heavy atom. The third kappa shape index (κ3) is 2.10. The lowest BCUT2D eigenvalue weighted by molar-refractivity contribution is -0.123. The number of amides is 2. The van der Waals surface area contributed by atoms with Gasteiger partial charge >= 0.3 is 0 Å². The monoisotopic (exact) mass is 220 g/mol. The molecule has 16 heavy (non-hydrogen) atoms. The summed E-state index contributed by atoms with van der Waals surface area (Å²) in [6.07, 6.45) is 0. The van der Waals surface area contributed by atoms with Crippen molar-refractivity contribution in [3.63, 3.8) is 0 Å². The lowest BCUT2D eigenvalue weighted by Gasteiger charge is -2.26. The Bertz CT molecular complexity index is 433. The molecule has 0 spiro atoms. The van der Waals surface area contributed by atoms with Crippen LogP contribution in [0.25, 0.3) is 0 Å². The summed E-state index contributed by atoms with van der Waals surface area (Å²) >= 11 is 0. The number of carbonyl (C=O) groups excluding carboxylic acids is 2. The molecule has 1 saturated heterocycles. The van der Waals surface area contributed by atoms with E-state index in [0.717, 1.165) is 0 Å². The maximum atomic E-state index is 11.9. The molecule has 2 rings (SSSR count). The molecule has 3 N–H and O–H groups in total. The minimum atomic E-state index is -0.262. The van der Waals surface area contributed by atoms with Crippen molar-refractivity contribution in [3.05, 3.63) is 23.9 Å². The number of pyridine rings is 1. The molecule has 1 aliphatic rings. The maximum Gasteiger partial charge on any atom is 0.273 e. The number of nitrogen functional groups attached to an aromatic ring is 1. The second-order valence-electron chi connectivity index (χ2n) is 3.52. The highest BCUT2D eigenvalue weighted by molar-refractivity contribution is 5.95. The predicted octanol–water partition coefficient (Wildman–Crippen LogP) is -0.764. The van der Waals surface area contributed by atoms with Crippen LogP contribution >= 0.6 is 0 Å². The van der Waals surface area contributed by atoms with Crippen LogP contribution in [0.3, 0.4) is 0 Å². The van der Waals surface area contributed by atoms with Crippen molar-refractivity contribution in [2.75, 3.05) is 25.4 Å². The molecule has 2 amide bonds. The molecule has 1 aliphatic heterocycles. The molecule has 1 aromatic heterocycles. The Hall–Kier alpha value is -2.11. The normalized spacial score (nSPS) is 15.8. The summed E-state index contributed by atoms with van der Waals surface area (Å²) in [6, 6.07) is 4.87. The van der Waals surface area contributed by atoms with E-state index in [1.165, 1.54) is 4.90 Å². The lowest BCUT2D eigenvalue weighted by atomic mass is 10.2. The van der Waals surface area contributed by atoms with E-state index in [4.69, 9.17) is 5.73 Å². The van der Waals surface area contributed by atoms with Gasteiger partial charge in [0.1, 0.15) is 11.5 Å². The molecule has 1 aromatic rings. The topological polar surface area (TPSA) is 88.3 Å². The highest BCUT2D eigenvalue weighted by atomic mass is 16.2. The Morgan fingerprint density at radius 2 is 2.31 bits per heavy atom. The van der Waals surface area contributed by atoms with Gasteiger partial charge in [0.25, 0.3) is 5.91 Å². The second-order valence-corrected chi connectivity index (χ2v) is 3.52. The number of nitrogens with two attached hydrogens (primary N) is 1. The van der Waals surface area contributed by atoms with Gasteiger partial charge in [0.05, 0.1) is 6.54 Å². The fourth-order valence-corrected chi connectivity index (χ4v) is 1.54. The fourth-order valence-electron chi connectivity index (χ4n) is 1.54. The molecule has 0 bridgehead atoms. The summed E-state index contributed by atoms with van der Waals surface area (Å²) in [4.78, 5) is 28.4. The molecule has 2 heterocycles. The van der Waals surface area contributed by atoms with Crippen LogP contribution in [0, 0.1) is 0 Å². The van der Waals surface area contributed by atoms with Gasteiger partial charge in [-0.3, -0.25) is 9.59 Å². The number of aromatic nitrogens is 1. The molecule has 0 unspecified atom stereocenters. The Balaban J connectivity index is 2.15. The zero-order chi connectivity index (χ0) is 11.5. The van der Waals surface area contributed by atoms with E-state index in [-0.39, 0.29) is 24.1 Å². The molecule has 0 radical (unpaired) electrons. The summed E-state index contributed by atoms with van der Waals surface area (Å²) < 4.78 is 0. The number of piperazine rings is 1. The summed E-state index contributed by atoms with van der Waals surface area (Å²) in [7, 11) is 0. The molecular weight excluding hydrogens is 208 g/mol. The Labute approximate surface area is 92.4 Å². The van der Waals surface area contributed by atoms with Gasteiger partial charge in [0.2, 0.25) is 5.91 Å². The number of hydrogen-bond donors (Lipinski definition) is 2. The van der Waals surface area contributed by atoms with Crippen molar-refractivity contribution in [3.8, 4) is 0 Å². The van der Waals surface area contributed by atoms with Gasteiger partial charge in [0.15, 0.2) is 0 Å². The summed E-state index contributed by atoms with van der Waals surface area (Å²) in [5.41, 5.74) is 5.76. The third-order valence-corrected chi connectivity index (χ3v) is 2.32. The van der Waals surface area contributed by atoms with Crippen molar-refractivity contribution >= 4 is 17.6 Å². The van der Waals surface area contributed by atoms with Gasteiger partial charge in [-0.1, -0.05) is 6.07 Å². The quantitative estimate of drug-likeness (QED) is 0.651. The average molecular weight is 220 g/mol. The van der Waals surface area contributed by atoms with Crippen LogP contribution in [-0.2, 0) is 4.79 Å². The van der Waals surface area contributed by atoms with E-state index in [2.05, 4.69) is 10.3 Å². The largest absolute Gasteiger partial charge is 0.384 e. The van der Waals surface area contributed by atoms with Gasteiger partial charge in [0, 0.05) is 13.1 Å². The minimum absolute atomic E-state index is 0.0787. The second kappa shape index (κ2) is 4.18. The summed E-state index contributed by atoms with van der Waals surface area (Å²) in [6.45, 7) is 1.06. The summed E-state index contributed by atoms with van der Waals surface area (Å²) in [5, 5.41) is 2.65. The van der Waals surface area contributed by atoms with Gasteiger partial charge in [-0.15, -0.1) is 0 Å². The number of nitrogens with one attached hydrogen (secondary N) is 1. The molecule has 84 valence electrons. The number of nitrogens with zero attached hydrogens (tertiary/aromatic N) is 2. The van der Waals surface area contributed by atoms with Gasteiger partial charge < -0.3 is 16.0 Å². The zero-order valence-corrected chi connectivity index (χ0v) is 8.64. The number of hydrogen-bond acceptors (Lipinski definition) is 4. The number of carbonyl (C=O) groups is 2. The molecule has 0 saturated carbocycles. The van der Waals surface area contributed by atoms with Crippen LogP contribution in [0.15, 0.2) is 18.2 Å². The van der Waals surface area contributed by atoms with E-state index in [0.29, 0.717) is 18.9 Å². The van der Waals surface area contributed by atoms with Gasteiger partial charge in [-0.25, -0.2) is 4.98 Å². The van der Waals surface area contributed by atoms with E-state index >= 15 is 0 Å². The molecule has 1 fully saturated rings. The molecule has 6 heteroatoms. The van der Waals surface area contributed by atoms with Gasteiger partial charge in [-0.2, -0.15) is 0 Å². The first kappa shape index (κ1) is 10.4. The smallest absolute Gasteiger partial charge is 0.273 e. The van der Waals surface area contributed by atoms with Crippen molar-refractivity contribution < 1.29 is 9.59 Å². The molecule has 0 atom stereocenters. The fraction of sp³-hybridized carbons (Fsp3) is 0.300. The van der Waals surface area contributed by atoms with Crippen LogP contribution < -0.4 is 11.1 Å². The molecular formula is C10H12N4O2. The lowest BCUT2D eigenvalue weighted by Crippen LogP contribution is -2.50. The Kier molecular flexibility index (Phi) is 2.72. The van der Waals surface area contributed by atoms with E-state index in [1.807, 2.05) is 0 Å². The molecule has 0 aliphatic carbocycles. The van der Waals surface area contributed by atoms with E-state index < -0.39 is 0 Å². The molecule has 6 nitrogen and oxygen atoms in total. The van der Waals surface area contributed by atoms with E-state index in [9.17, 15) is 9.59 Å². The standard InChI is InChI=1S/C10H12N4O2/c11-8-3-1-2-7(13-8)10(16)14-5-4-12-9(15)6-14/h1-3H,4-6H2,(H2,11,13)(H,12,15). The minimum Gasteiger partial charge on any atom is -0.384 e. The molecule has 0 aromatic carbocycles. The van der Waals surface area contributed by atoms with Crippen molar-refractivity contribution in [2.24, 2.45) is 0 Å². The van der Waals surface area contributed by atoms with Crippen molar-refractivity contribution in [1.29, 1.82) is 0 Å². The van der Waals surface area contributed by atoms with Crippen LogP contribution in [0.1, 0.15) is 10.5 Å². The summed E-state index contributed by atoms with van der Waals surface area (Å²) in [5.74, 6) is -0.113. The zero-order valence-electron chi connectivity index (χ0n) is 8.64. The first-order valence-corrected chi connectivity index (χ1v) is 4.95. The van der Waals surface area contributed by atoms with Crippen molar-refractivity contribution in [2.45, 2.75) is 0 Å². The third-order valence-electron chi connectivity index (χ3n) is 2.32. The van der Waals surface area contributed by atoms with Crippen LogP contribution in [-0.4, -0.2) is 41.3 Å². The predicted molar refractivity (Wildman–Crippen MR) is 57.6 cm³/mol. The van der Waals surface area contributed by atoms with Crippen LogP contribution in [0.4, 0.5) is 5.82 Å². The highest BCUT2D eigenvalue weighted by Crippen LogP contribution is 2.06. The first-order valence-electron chi connectivity index (χ1n) is 4.95. The van der Waals surface area contributed by atoms with E-state index in [1.54, 1.807) is 18.2 Å². The average Bonchev–Trinajstić information content (AvgIpc) is 2.28. The Morgan fingerprint density at radius 1 is 1.50 bits per heavy atom. The number of anilines is 1. The first-order chi connectivity index (χ1) is 7.66. The van der Waals surface area contributed by atoms with Crippen LogP contribution in [0.2, 0.25) is 0 Å². The highest BCUT2D eigenvalue weighted by Gasteiger charge is 2.22. The van der Waals surface area contributed by atoms with Crippen LogP contribution in [0.5, 0.6) is 0 Å².